The standard InChI is InChI=1S/C22H23ClFN5O/c23-18-5-3-4-17(14-18)15-29-21(8-9-25-29)26-22(30)16-27-10-12-28(13-11-27)20-7-2-1-6-19(20)24/h1-9,14H,10-13,15-16H2,(H,26,30). The predicted molar refractivity (Wildman–Crippen MR) is 116 cm³/mol. The molecule has 1 aliphatic heterocycles. The second kappa shape index (κ2) is 9.28. The number of carbonyl (C=O) groups excluding carboxylic acids is 1. The molecule has 0 radical (unpaired) electrons. The second-order valence-corrected chi connectivity index (χ2v) is 7.70. The summed E-state index contributed by atoms with van der Waals surface area (Å²) in [5.41, 5.74) is 1.62. The van der Waals surface area contributed by atoms with Gasteiger partial charge in [-0.1, -0.05) is 35.9 Å². The molecule has 8 heteroatoms. The number of hydrogen-bond acceptors (Lipinski definition) is 4. The number of halogens is 2. The number of aromatic nitrogens is 2. The van der Waals surface area contributed by atoms with E-state index in [-0.39, 0.29) is 18.3 Å². The van der Waals surface area contributed by atoms with Crippen molar-refractivity contribution >= 4 is 29.0 Å². The van der Waals surface area contributed by atoms with Crippen LogP contribution in [0.2, 0.25) is 5.02 Å². The maximum atomic E-state index is 14.0. The van der Waals surface area contributed by atoms with E-state index in [1.165, 1.54) is 6.07 Å². The van der Waals surface area contributed by atoms with E-state index >= 15 is 0 Å². The van der Waals surface area contributed by atoms with Crippen molar-refractivity contribution in [1.82, 2.24) is 14.7 Å². The van der Waals surface area contributed by atoms with Crippen molar-refractivity contribution in [2.45, 2.75) is 6.54 Å². The van der Waals surface area contributed by atoms with Gasteiger partial charge in [-0.05, 0) is 29.8 Å². The molecule has 2 heterocycles. The summed E-state index contributed by atoms with van der Waals surface area (Å²) in [7, 11) is 0. The first-order valence-electron chi connectivity index (χ1n) is 9.86. The van der Waals surface area contributed by atoms with Gasteiger partial charge >= 0.3 is 0 Å². The van der Waals surface area contributed by atoms with Crippen LogP contribution < -0.4 is 10.2 Å². The van der Waals surface area contributed by atoms with Crippen molar-refractivity contribution in [2.24, 2.45) is 0 Å². The van der Waals surface area contributed by atoms with E-state index in [0.29, 0.717) is 49.3 Å². The van der Waals surface area contributed by atoms with Crippen molar-refractivity contribution in [2.75, 3.05) is 42.9 Å². The summed E-state index contributed by atoms with van der Waals surface area (Å²) < 4.78 is 15.7. The Kier molecular flexibility index (Phi) is 6.30. The maximum Gasteiger partial charge on any atom is 0.239 e. The summed E-state index contributed by atoms with van der Waals surface area (Å²) in [4.78, 5) is 16.6. The minimum Gasteiger partial charge on any atom is -0.367 e. The Morgan fingerprint density at radius 1 is 1.07 bits per heavy atom. The lowest BCUT2D eigenvalue weighted by molar-refractivity contribution is -0.117. The topological polar surface area (TPSA) is 53.4 Å². The first kappa shape index (κ1) is 20.4. The molecule has 1 amide bonds. The average Bonchev–Trinajstić information content (AvgIpc) is 3.15. The molecule has 0 saturated carbocycles. The lowest BCUT2D eigenvalue weighted by atomic mass is 10.2. The van der Waals surface area contributed by atoms with Crippen LogP contribution in [-0.2, 0) is 11.3 Å². The van der Waals surface area contributed by atoms with Crippen molar-refractivity contribution in [3.63, 3.8) is 0 Å². The van der Waals surface area contributed by atoms with E-state index in [1.54, 1.807) is 29.1 Å². The number of carbonyl (C=O) groups is 1. The molecular weight excluding hydrogens is 405 g/mol. The van der Waals surface area contributed by atoms with Crippen LogP contribution in [0.4, 0.5) is 15.9 Å². The Bertz CT molecular complexity index is 1020. The van der Waals surface area contributed by atoms with Crippen LogP contribution in [0.1, 0.15) is 5.56 Å². The van der Waals surface area contributed by atoms with Gasteiger partial charge in [0.25, 0.3) is 0 Å². The van der Waals surface area contributed by atoms with E-state index in [9.17, 15) is 9.18 Å². The van der Waals surface area contributed by atoms with E-state index in [2.05, 4.69) is 15.3 Å². The molecular formula is C22H23ClFN5O. The van der Waals surface area contributed by atoms with E-state index in [4.69, 9.17) is 11.6 Å². The molecule has 1 aliphatic rings. The molecule has 0 aliphatic carbocycles. The van der Waals surface area contributed by atoms with Gasteiger partial charge in [0.2, 0.25) is 5.91 Å². The van der Waals surface area contributed by atoms with Crippen molar-refractivity contribution in [3.05, 3.63) is 77.2 Å². The fourth-order valence-corrected chi connectivity index (χ4v) is 3.83. The minimum absolute atomic E-state index is 0.0952. The zero-order chi connectivity index (χ0) is 20.9. The largest absolute Gasteiger partial charge is 0.367 e. The summed E-state index contributed by atoms with van der Waals surface area (Å²) in [6.07, 6.45) is 1.66. The molecule has 30 heavy (non-hydrogen) atoms. The Labute approximate surface area is 179 Å². The quantitative estimate of drug-likeness (QED) is 0.654. The lowest BCUT2D eigenvalue weighted by Gasteiger charge is -2.35. The first-order chi connectivity index (χ1) is 14.6. The van der Waals surface area contributed by atoms with Crippen LogP contribution in [0.5, 0.6) is 0 Å². The van der Waals surface area contributed by atoms with Crippen LogP contribution in [0.25, 0.3) is 0 Å². The number of benzene rings is 2. The number of nitrogens with one attached hydrogen (secondary N) is 1. The average molecular weight is 428 g/mol. The number of anilines is 2. The number of nitrogens with zero attached hydrogens (tertiary/aromatic N) is 4. The summed E-state index contributed by atoms with van der Waals surface area (Å²) in [6, 6.07) is 16.1. The molecule has 1 fully saturated rings. The van der Waals surface area contributed by atoms with Gasteiger partial charge in [-0.2, -0.15) is 5.10 Å². The second-order valence-electron chi connectivity index (χ2n) is 7.27. The van der Waals surface area contributed by atoms with Gasteiger partial charge in [-0.25, -0.2) is 9.07 Å². The van der Waals surface area contributed by atoms with Crippen LogP contribution in [0.15, 0.2) is 60.8 Å². The zero-order valence-electron chi connectivity index (χ0n) is 16.5. The fraction of sp³-hybridized carbons (Fsp3) is 0.273. The molecule has 0 unspecified atom stereocenters. The van der Waals surface area contributed by atoms with E-state index < -0.39 is 0 Å². The third-order valence-electron chi connectivity index (χ3n) is 5.14. The first-order valence-corrected chi connectivity index (χ1v) is 10.2. The lowest BCUT2D eigenvalue weighted by Crippen LogP contribution is -2.49. The van der Waals surface area contributed by atoms with Gasteiger partial charge in [-0.15, -0.1) is 0 Å². The normalized spacial score (nSPS) is 14.7. The van der Waals surface area contributed by atoms with Crippen LogP contribution >= 0.6 is 11.6 Å². The van der Waals surface area contributed by atoms with Crippen LogP contribution in [0.3, 0.4) is 0 Å². The van der Waals surface area contributed by atoms with Crippen LogP contribution in [0, 0.1) is 5.82 Å². The Morgan fingerprint density at radius 3 is 2.63 bits per heavy atom. The van der Waals surface area contributed by atoms with Crippen molar-refractivity contribution in [3.8, 4) is 0 Å². The molecule has 0 atom stereocenters. The molecule has 3 aromatic rings. The Balaban J connectivity index is 1.30. The van der Waals surface area contributed by atoms with Gasteiger partial charge in [0.15, 0.2) is 0 Å². The predicted octanol–water partition coefficient (Wildman–Crippen LogP) is 3.48. The van der Waals surface area contributed by atoms with E-state index in [1.807, 2.05) is 35.2 Å². The summed E-state index contributed by atoms with van der Waals surface area (Å²) in [5, 5.41) is 7.90. The number of hydrogen-bond donors (Lipinski definition) is 1. The number of para-hydroxylation sites is 1. The molecule has 2 aromatic carbocycles. The maximum absolute atomic E-state index is 14.0. The highest BCUT2D eigenvalue weighted by Crippen LogP contribution is 2.20. The third kappa shape index (κ3) is 4.98. The molecule has 1 saturated heterocycles. The number of piperazine rings is 1. The summed E-state index contributed by atoms with van der Waals surface area (Å²) in [5.74, 6) is 0.337. The van der Waals surface area contributed by atoms with Gasteiger partial charge in [0.1, 0.15) is 11.6 Å². The highest BCUT2D eigenvalue weighted by molar-refractivity contribution is 6.30. The third-order valence-corrected chi connectivity index (χ3v) is 5.37. The monoisotopic (exact) mass is 427 g/mol. The number of amides is 1. The molecule has 1 N–H and O–H groups in total. The highest BCUT2D eigenvalue weighted by atomic mass is 35.5. The molecule has 0 spiro atoms. The van der Waals surface area contributed by atoms with Gasteiger partial charge in [-0.3, -0.25) is 9.69 Å². The van der Waals surface area contributed by atoms with Gasteiger partial charge in [0.05, 0.1) is 25.0 Å². The molecule has 156 valence electrons. The Hall–Kier alpha value is -2.90. The van der Waals surface area contributed by atoms with Gasteiger partial charge in [0, 0.05) is 37.3 Å². The molecule has 4 rings (SSSR count). The van der Waals surface area contributed by atoms with Crippen LogP contribution in [-0.4, -0.2) is 53.3 Å². The molecule has 6 nitrogen and oxygen atoms in total. The zero-order valence-corrected chi connectivity index (χ0v) is 17.2. The SMILES string of the molecule is O=C(CN1CCN(c2ccccc2F)CC1)Nc1ccnn1Cc1cccc(Cl)c1. The van der Waals surface area contributed by atoms with E-state index in [0.717, 1.165) is 5.56 Å². The molecule has 1 aromatic heterocycles. The smallest absolute Gasteiger partial charge is 0.239 e. The minimum atomic E-state index is -0.211. The summed E-state index contributed by atoms with van der Waals surface area (Å²) in [6.45, 7) is 3.56. The van der Waals surface area contributed by atoms with Crippen molar-refractivity contribution < 1.29 is 9.18 Å². The van der Waals surface area contributed by atoms with Crippen molar-refractivity contribution in [1.29, 1.82) is 0 Å². The summed E-state index contributed by atoms with van der Waals surface area (Å²) >= 11 is 6.05. The number of rotatable bonds is 6. The highest BCUT2D eigenvalue weighted by Gasteiger charge is 2.21. The Morgan fingerprint density at radius 2 is 1.87 bits per heavy atom. The molecule has 0 bridgehead atoms. The fourth-order valence-electron chi connectivity index (χ4n) is 3.61. The van der Waals surface area contributed by atoms with Gasteiger partial charge < -0.3 is 10.2 Å².